The van der Waals surface area contributed by atoms with Gasteiger partial charge in [0.05, 0.1) is 12.3 Å². The molecule has 1 aromatic rings. The molecule has 0 spiro atoms. The van der Waals surface area contributed by atoms with Crippen LogP contribution in [0.25, 0.3) is 0 Å². The third kappa shape index (κ3) is 6.00. The van der Waals surface area contributed by atoms with Gasteiger partial charge in [0.2, 0.25) is 5.91 Å². The van der Waals surface area contributed by atoms with Crippen molar-refractivity contribution in [3.8, 4) is 0 Å². The first-order valence-electron chi connectivity index (χ1n) is 10.6. The molecule has 8 heteroatoms. The number of anilines is 2. The minimum absolute atomic E-state index is 0.0110. The highest BCUT2D eigenvalue weighted by Crippen LogP contribution is 2.32. The summed E-state index contributed by atoms with van der Waals surface area (Å²) in [5.41, 5.74) is 6.52. The summed E-state index contributed by atoms with van der Waals surface area (Å²) in [7, 11) is 0. The lowest BCUT2D eigenvalue weighted by molar-refractivity contribution is -0.125. The molecule has 0 bridgehead atoms. The standard InChI is InChI=1S/C22H33FN4O3/c1-22(2,3)14-26(12-15-4-5-15)19(11-24)21(29)25-18-7-6-16(10-17(18)23)27-8-9-30-13-20(27)28/h6-7,10,15,19H,4-5,8-9,11-14,24H2,1-3H3,(H,25,29)/t19-/m0/s1. The van der Waals surface area contributed by atoms with Crippen molar-refractivity contribution in [2.45, 2.75) is 39.7 Å². The minimum atomic E-state index is -0.583. The van der Waals surface area contributed by atoms with E-state index in [2.05, 4.69) is 31.0 Å². The molecule has 1 aliphatic carbocycles. The van der Waals surface area contributed by atoms with E-state index in [9.17, 15) is 14.0 Å². The molecule has 1 atom stereocenters. The number of ether oxygens (including phenoxy) is 1. The molecule has 0 radical (unpaired) electrons. The molecule has 2 aliphatic rings. The first kappa shape index (κ1) is 22.7. The van der Waals surface area contributed by atoms with Gasteiger partial charge in [-0.1, -0.05) is 20.8 Å². The topological polar surface area (TPSA) is 87.9 Å². The molecular formula is C22H33FN4O3. The number of rotatable bonds is 8. The van der Waals surface area contributed by atoms with E-state index in [0.717, 1.165) is 13.1 Å². The highest BCUT2D eigenvalue weighted by atomic mass is 19.1. The number of amides is 2. The largest absolute Gasteiger partial charge is 0.370 e. The van der Waals surface area contributed by atoms with E-state index in [1.165, 1.54) is 29.9 Å². The smallest absolute Gasteiger partial charge is 0.253 e. The fourth-order valence-electron chi connectivity index (χ4n) is 3.75. The Morgan fingerprint density at radius 3 is 2.70 bits per heavy atom. The first-order valence-corrected chi connectivity index (χ1v) is 10.6. The number of hydrogen-bond donors (Lipinski definition) is 2. The Hall–Kier alpha value is -2.03. The molecule has 0 aromatic heterocycles. The predicted molar refractivity (Wildman–Crippen MR) is 115 cm³/mol. The zero-order valence-electron chi connectivity index (χ0n) is 18.1. The average Bonchev–Trinajstić information content (AvgIpc) is 3.47. The second kappa shape index (κ2) is 9.41. The van der Waals surface area contributed by atoms with E-state index < -0.39 is 11.9 Å². The van der Waals surface area contributed by atoms with E-state index >= 15 is 0 Å². The van der Waals surface area contributed by atoms with E-state index in [1.54, 1.807) is 6.07 Å². The normalized spacial score (nSPS) is 18.6. The molecule has 3 N–H and O–H groups in total. The van der Waals surface area contributed by atoms with Crippen LogP contribution in [-0.4, -0.2) is 62.1 Å². The van der Waals surface area contributed by atoms with Crippen molar-refractivity contribution in [3.05, 3.63) is 24.0 Å². The van der Waals surface area contributed by atoms with Crippen LogP contribution in [0.4, 0.5) is 15.8 Å². The molecule has 1 saturated heterocycles. The Labute approximate surface area is 177 Å². The van der Waals surface area contributed by atoms with Gasteiger partial charge in [0.1, 0.15) is 18.5 Å². The summed E-state index contributed by atoms with van der Waals surface area (Å²) in [6, 6.07) is 3.88. The van der Waals surface area contributed by atoms with Crippen LogP contribution in [0.15, 0.2) is 18.2 Å². The first-order chi connectivity index (χ1) is 14.2. The Bertz CT molecular complexity index is 776. The van der Waals surface area contributed by atoms with Crippen LogP contribution >= 0.6 is 0 Å². The van der Waals surface area contributed by atoms with Gasteiger partial charge in [0, 0.05) is 31.9 Å². The van der Waals surface area contributed by atoms with Crippen molar-refractivity contribution in [2.75, 3.05) is 49.6 Å². The lowest BCUT2D eigenvalue weighted by Crippen LogP contribution is -2.52. The van der Waals surface area contributed by atoms with Gasteiger partial charge >= 0.3 is 0 Å². The SMILES string of the molecule is CC(C)(C)CN(CC1CC1)[C@@H](CN)C(=O)Nc1ccc(N2CCOCC2=O)cc1F. The van der Waals surface area contributed by atoms with Gasteiger partial charge in [-0.05, 0) is 42.4 Å². The summed E-state index contributed by atoms with van der Waals surface area (Å²) in [4.78, 5) is 28.6. The summed E-state index contributed by atoms with van der Waals surface area (Å²) in [6.45, 7) is 8.89. The minimum Gasteiger partial charge on any atom is -0.370 e. The molecule has 30 heavy (non-hydrogen) atoms. The maximum Gasteiger partial charge on any atom is 0.253 e. The van der Waals surface area contributed by atoms with Crippen molar-refractivity contribution in [1.82, 2.24) is 4.90 Å². The predicted octanol–water partition coefficient (Wildman–Crippen LogP) is 2.21. The number of halogens is 1. The number of carbonyl (C=O) groups excluding carboxylic acids is 2. The van der Waals surface area contributed by atoms with Gasteiger partial charge in [-0.25, -0.2) is 4.39 Å². The fraction of sp³-hybridized carbons (Fsp3) is 0.636. The number of hydrogen-bond acceptors (Lipinski definition) is 5. The second-order valence-corrected chi connectivity index (χ2v) is 9.44. The Kier molecular flexibility index (Phi) is 7.10. The third-order valence-corrected chi connectivity index (χ3v) is 5.34. The number of nitrogens with one attached hydrogen (secondary N) is 1. The number of morpholine rings is 1. The zero-order valence-corrected chi connectivity index (χ0v) is 18.1. The monoisotopic (exact) mass is 420 g/mol. The average molecular weight is 421 g/mol. The summed E-state index contributed by atoms with van der Waals surface area (Å²) < 4.78 is 19.8. The molecule has 1 aromatic carbocycles. The third-order valence-electron chi connectivity index (χ3n) is 5.34. The van der Waals surface area contributed by atoms with Gasteiger partial charge < -0.3 is 20.7 Å². The molecule has 1 saturated carbocycles. The van der Waals surface area contributed by atoms with E-state index in [1.807, 2.05) is 0 Å². The maximum absolute atomic E-state index is 14.7. The van der Waals surface area contributed by atoms with Gasteiger partial charge in [0.25, 0.3) is 5.91 Å². The van der Waals surface area contributed by atoms with Crippen molar-refractivity contribution < 1.29 is 18.7 Å². The van der Waals surface area contributed by atoms with Crippen LogP contribution in [0.3, 0.4) is 0 Å². The molecule has 1 heterocycles. The highest BCUT2D eigenvalue weighted by molar-refractivity contribution is 5.97. The summed E-state index contributed by atoms with van der Waals surface area (Å²) in [5.74, 6) is -0.494. The molecular weight excluding hydrogens is 387 g/mol. The van der Waals surface area contributed by atoms with Crippen LogP contribution in [0.5, 0.6) is 0 Å². The molecule has 7 nitrogen and oxygen atoms in total. The van der Waals surface area contributed by atoms with Crippen molar-refractivity contribution in [3.63, 3.8) is 0 Å². The fourth-order valence-corrected chi connectivity index (χ4v) is 3.75. The summed E-state index contributed by atoms with van der Waals surface area (Å²) >= 11 is 0. The van der Waals surface area contributed by atoms with Crippen LogP contribution in [0.2, 0.25) is 0 Å². The Balaban J connectivity index is 1.71. The molecule has 1 aliphatic heterocycles. The molecule has 166 valence electrons. The van der Waals surface area contributed by atoms with Gasteiger partial charge in [-0.2, -0.15) is 0 Å². The highest BCUT2D eigenvalue weighted by Gasteiger charge is 2.33. The van der Waals surface area contributed by atoms with Crippen LogP contribution in [0, 0.1) is 17.2 Å². The van der Waals surface area contributed by atoms with Crippen molar-refractivity contribution in [1.29, 1.82) is 0 Å². The second-order valence-electron chi connectivity index (χ2n) is 9.44. The number of nitrogens with zero attached hydrogens (tertiary/aromatic N) is 2. The maximum atomic E-state index is 14.7. The summed E-state index contributed by atoms with van der Waals surface area (Å²) in [5, 5.41) is 2.70. The van der Waals surface area contributed by atoms with Gasteiger partial charge in [-0.15, -0.1) is 0 Å². The molecule has 0 unspecified atom stereocenters. The van der Waals surface area contributed by atoms with E-state index in [0.29, 0.717) is 24.8 Å². The molecule has 2 amide bonds. The number of nitrogens with two attached hydrogens (primary N) is 1. The van der Waals surface area contributed by atoms with E-state index in [-0.39, 0.29) is 36.1 Å². The number of carbonyl (C=O) groups is 2. The van der Waals surface area contributed by atoms with Crippen LogP contribution in [0.1, 0.15) is 33.6 Å². The lowest BCUT2D eigenvalue weighted by Gasteiger charge is -2.35. The quantitative estimate of drug-likeness (QED) is 0.673. The zero-order chi connectivity index (χ0) is 21.9. The molecule has 2 fully saturated rings. The van der Waals surface area contributed by atoms with Crippen LogP contribution < -0.4 is 16.0 Å². The Morgan fingerprint density at radius 2 is 2.13 bits per heavy atom. The van der Waals surface area contributed by atoms with Gasteiger partial charge in [0.15, 0.2) is 0 Å². The van der Waals surface area contributed by atoms with Gasteiger partial charge in [-0.3, -0.25) is 14.5 Å². The molecule has 3 rings (SSSR count). The van der Waals surface area contributed by atoms with Crippen molar-refractivity contribution >= 4 is 23.2 Å². The Morgan fingerprint density at radius 1 is 1.40 bits per heavy atom. The van der Waals surface area contributed by atoms with Crippen molar-refractivity contribution in [2.24, 2.45) is 17.1 Å². The van der Waals surface area contributed by atoms with E-state index in [4.69, 9.17) is 10.5 Å². The van der Waals surface area contributed by atoms with Crippen LogP contribution in [-0.2, 0) is 14.3 Å². The summed E-state index contributed by atoms with van der Waals surface area (Å²) in [6.07, 6.45) is 2.35. The lowest BCUT2D eigenvalue weighted by atomic mass is 9.94. The number of benzene rings is 1.